The highest BCUT2D eigenvalue weighted by atomic mass is 14.9. The van der Waals surface area contributed by atoms with Crippen LogP contribution < -0.4 is 0 Å². The molecule has 2 heteroatoms. The Balaban J connectivity index is 2.21. The lowest BCUT2D eigenvalue weighted by atomic mass is 10.0. The van der Waals surface area contributed by atoms with Crippen LogP contribution in [0.15, 0.2) is 60.7 Å². The number of aryl methyl sites for hydroxylation is 1. The van der Waals surface area contributed by atoms with Crippen LogP contribution in [0.5, 0.6) is 0 Å². The van der Waals surface area contributed by atoms with Gasteiger partial charge in [-0.15, -0.1) is 0 Å². The molecule has 0 aliphatic heterocycles. The number of nitrogens with zero attached hydrogens (tertiary/aromatic N) is 2. The molecule has 0 atom stereocenters. The molecule has 0 aliphatic rings. The maximum atomic E-state index is 4.83. The molecule has 0 fully saturated rings. The molecule has 2 aromatic carbocycles. The Kier molecular flexibility index (Phi) is 3.78. The molecule has 0 amide bonds. The van der Waals surface area contributed by atoms with Gasteiger partial charge in [0.15, 0.2) is 5.82 Å². The average Bonchev–Trinajstić information content (AvgIpc) is 2.55. The van der Waals surface area contributed by atoms with Crippen molar-refractivity contribution in [2.75, 3.05) is 0 Å². The van der Waals surface area contributed by atoms with Crippen molar-refractivity contribution in [3.8, 4) is 22.6 Å². The van der Waals surface area contributed by atoms with Gasteiger partial charge in [-0.2, -0.15) is 0 Å². The van der Waals surface area contributed by atoms with Crippen LogP contribution in [0, 0.1) is 6.92 Å². The van der Waals surface area contributed by atoms with E-state index in [-0.39, 0.29) is 0 Å². The lowest BCUT2D eigenvalue weighted by Gasteiger charge is -2.12. The van der Waals surface area contributed by atoms with E-state index < -0.39 is 0 Å². The fourth-order valence-corrected chi connectivity index (χ4v) is 2.57. The normalized spacial score (nSPS) is 10.6. The third-order valence-corrected chi connectivity index (χ3v) is 3.65. The summed E-state index contributed by atoms with van der Waals surface area (Å²) in [6.07, 6.45) is 0.936. The first-order valence-corrected chi connectivity index (χ1v) is 7.28. The van der Waals surface area contributed by atoms with Crippen LogP contribution in [0.2, 0.25) is 0 Å². The Labute approximate surface area is 125 Å². The van der Waals surface area contributed by atoms with Gasteiger partial charge in [0.2, 0.25) is 0 Å². The van der Waals surface area contributed by atoms with Gasteiger partial charge in [0, 0.05) is 16.8 Å². The van der Waals surface area contributed by atoms with Crippen LogP contribution in [0.25, 0.3) is 22.6 Å². The van der Waals surface area contributed by atoms with Crippen LogP contribution in [0.1, 0.15) is 18.2 Å². The third kappa shape index (κ3) is 2.70. The molecule has 1 aromatic heterocycles. The van der Waals surface area contributed by atoms with Gasteiger partial charge in [0.05, 0.1) is 5.69 Å². The largest absolute Gasteiger partial charge is 0.233 e. The molecule has 0 aliphatic carbocycles. The first kappa shape index (κ1) is 13.5. The second-order valence-corrected chi connectivity index (χ2v) is 5.05. The second-order valence-electron chi connectivity index (χ2n) is 5.05. The van der Waals surface area contributed by atoms with Crippen molar-refractivity contribution in [2.24, 2.45) is 0 Å². The monoisotopic (exact) mass is 274 g/mol. The smallest absolute Gasteiger partial charge is 0.160 e. The highest BCUT2D eigenvalue weighted by Crippen LogP contribution is 2.27. The molecule has 3 aromatic rings. The van der Waals surface area contributed by atoms with E-state index in [1.54, 1.807) is 0 Å². The van der Waals surface area contributed by atoms with E-state index >= 15 is 0 Å². The predicted molar refractivity (Wildman–Crippen MR) is 87.0 cm³/mol. The van der Waals surface area contributed by atoms with Crippen molar-refractivity contribution in [1.82, 2.24) is 9.97 Å². The van der Waals surface area contributed by atoms with E-state index in [1.165, 1.54) is 5.56 Å². The Morgan fingerprint density at radius 1 is 0.762 bits per heavy atom. The van der Waals surface area contributed by atoms with Crippen LogP contribution in [0.3, 0.4) is 0 Å². The highest BCUT2D eigenvalue weighted by molar-refractivity contribution is 5.67. The van der Waals surface area contributed by atoms with Crippen LogP contribution in [-0.2, 0) is 6.42 Å². The van der Waals surface area contributed by atoms with Crippen molar-refractivity contribution in [1.29, 1.82) is 0 Å². The minimum Gasteiger partial charge on any atom is -0.233 e. The minimum atomic E-state index is 0.796. The molecule has 0 saturated heterocycles. The number of benzene rings is 2. The average molecular weight is 274 g/mol. The Morgan fingerprint density at radius 2 is 1.33 bits per heavy atom. The Bertz CT molecular complexity index is 734. The maximum absolute atomic E-state index is 4.83. The SMILES string of the molecule is CCc1c(C)nc(-c2ccccc2)nc1-c1ccccc1. The molecule has 2 nitrogen and oxygen atoms in total. The maximum Gasteiger partial charge on any atom is 0.160 e. The molecular weight excluding hydrogens is 256 g/mol. The van der Waals surface area contributed by atoms with E-state index in [4.69, 9.17) is 4.98 Å². The molecule has 3 rings (SSSR count). The molecule has 1 heterocycles. The van der Waals surface area contributed by atoms with Crippen LogP contribution in [0.4, 0.5) is 0 Å². The van der Waals surface area contributed by atoms with E-state index in [0.29, 0.717) is 0 Å². The van der Waals surface area contributed by atoms with Gasteiger partial charge in [0.25, 0.3) is 0 Å². The summed E-state index contributed by atoms with van der Waals surface area (Å²) in [6, 6.07) is 20.5. The van der Waals surface area contributed by atoms with Crippen molar-refractivity contribution in [3.63, 3.8) is 0 Å². The predicted octanol–water partition coefficient (Wildman–Crippen LogP) is 4.68. The van der Waals surface area contributed by atoms with E-state index in [9.17, 15) is 0 Å². The zero-order valence-electron chi connectivity index (χ0n) is 12.4. The summed E-state index contributed by atoms with van der Waals surface area (Å²) in [5.74, 6) is 0.796. The molecule has 0 saturated carbocycles. The fourth-order valence-electron chi connectivity index (χ4n) is 2.57. The molecule has 104 valence electrons. The number of hydrogen-bond donors (Lipinski definition) is 0. The molecule has 21 heavy (non-hydrogen) atoms. The quantitative estimate of drug-likeness (QED) is 0.693. The van der Waals surface area contributed by atoms with E-state index in [1.807, 2.05) is 24.3 Å². The number of aromatic nitrogens is 2. The van der Waals surface area contributed by atoms with Crippen LogP contribution >= 0.6 is 0 Å². The molecule has 0 unspecified atom stereocenters. The zero-order chi connectivity index (χ0) is 14.7. The summed E-state index contributed by atoms with van der Waals surface area (Å²) in [5.41, 5.74) is 5.54. The second kappa shape index (κ2) is 5.88. The van der Waals surface area contributed by atoms with Crippen molar-refractivity contribution in [3.05, 3.63) is 71.9 Å². The summed E-state index contributed by atoms with van der Waals surface area (Å²) >= 11 is 0. The van der Waals surface area contributed by atoms with Crippen LogP contribution in [-0.4, -0.2) is 9.97 Å². The highest BCUT2D eigenvalue weighted by Gasteiger charge is 2.12. The standard InChI is InChI=1S/C19H18N2/c1-3-17-14(2)20-19(16-12-8-5-9-13-16)21-18(17)15-10-6-4-7-11-15/h4-13H,3H2,1-2H3. The fraction of sp³-hybridized carbons (Fsp3) is 0.158. The lowest BCUT2D eigenvalue weighted by molar-refractivity contribution is 1.01. The van der Waals surface area contributed by atoms with Crippen molar-refractivity contribution >= 4 is 0 Å². The summed E-state index contributed by atoms with van der Waals surface area (Å²) in [4.78, 5) is 9.52. The van der Waals surface area contributed by atoms with Crippen molar-refractivity contribution in [2.45, 2.75) is 20.3 Å². The number of hydrogen-bond acceptors (Lipinski definition) is 2. The molecule has 0 bridgehead atoms. The van der Waals surface area contributed by atoms with Gasteiger partial charge in [-0.05, 0) is 18.9 Å². The summed E-state index contributed by atoms with van der Waals surface area (Å²) in [6.45, 7) is 4.22. The lowest BCUT2D eigenvalue weighted by Crippen LogP contribution is -2.02. The van der Waals surface area contributed by atoms with Gasteiger partial charge in [-0.25, -0.2) is 9.97 Å². The zero-order valence-corrected chi connectivity index (χ0v) is 12.4. The summed E-state index contributed by atoms with van der Waals surface area (Å²) in [7, 11) is 0. The number of rotatable bonds is 3. The first-order chi connectivity index (χ1) is 10.3. The minimum absolute atomic E-state index is 0.796. The van der Waals surface area contributed by atoms with Gasteiger partial charge >= 0.3 is 0 Å². The summed E-state index contributed by atoms with van der Waals surface area (Å²) < 4.78 is 0. The molecule has 0 N–H and O–H groups in total. The van der Waals surface area contributed by atoms with Gasteiger partial charge < -0.3 is 0 Å². The molecule has 0 spiro atoms. The van der Waals surface area contributed by atoms with Gasteiger partial charge in [0.1, 0.15) is 0 Å². The van der Waals surface area contributed by atoms with E-state index in [0.717, 1.165) is 34.8 Å². The summed E-state index contributed by atoms with van der Waals surface area (Å²) in [5, 5.41) is 0. The first-order valence-electron chi connectivity index (χ1n) is 7.28. The Hall–Kier alpha value is -2.48. The Morgan fingerprint density at radius 3 is 1.90 bits per heavy atom. The topological polar surface area (TPSA) is 25.8 Å². The molecule has 0 radical (unpaired) electrons. The van der Waals surface area contributed by atoms with E-state index in [2.05, 4.69) is 55.2 Å². The van der Waals surface area contributed by atoms with Gasteiger partial charge in [-0.1, -0.05) is 67.6 Å². The third-order valence-electron chi connectivity index (χ3n) is 3.65. The molecular formula is C19H18N2. The van der Waals surface area contributed by atoms with Gasteiger partial charge in [-0.3, -0.25) is 0 Å². The van der Waals surface area contributed by atoms with Crippen molar-refractivity contribution < 1.29 is 0 Å².